The molecule has 0 amide bonds. The average molecular weight is 408 g/mol. The van der Waals surface area contributed by atoms with Crippen molar-refractivity contribution in [1.29, 1.82) is 0 Å². The second-order valence-electron chi connectivity index (χ2n) is 9.31. The van der Waals surface area contributed by atoms with Crippen molar-refractivity contribution in [3.63, 3.8) is 0 Å². The van der Waals surface area contributed by atoms with E-state index in [0.717, 1.165) is 19.5 Å². The molecule has 1 atom stereocenters. The molecular formula is C28H43N2+. The normalized spacial score (nSPS) is 12.1. The van der Waals surface area contributed by atoms with E-state index in [1.165, 1.54) is 67.0 Å². The van der Waals surface area contributed by atoms with Crippen LogP contribution in [0.1, 0.15) is 69.0 Å². The highest BCUT2D eigenvalue weighted by Gasteiger charge is 2.16. The van der Waals surface area contributed by atoms with E-state index in [1.807, 2.05) is 0 Å². The average Bonchev–Trinajstić information content (AvgIpc) is 2.72. The molecule has 0 heterocycles. The van der Waals surface area contributed by atoms with Crippen molar-refractivity contribution in [1.82, 2.24) is 0 Å². The van der Waals surface area contributed by atoms with Crippen LogP contribution in [-0.4, -0.2) is 13.1 Å². The van der Waals surface area contributed by atoms with Gasteiger partial charge in [0.05, 0.1) is 19.5 Å². The van der Waals surface area contributed by atoms with Crippen LogP contribution in [0.15, 0.2) is 0 Å². The second-order valence-corrected chi connectivity index (χ2v) is 9.31. The van der Waals surface area contributed by atoms with E-state index < -0.39 is 0 Å². The number of hydrogen-bond acceptors (Lipinski definition) is 2. The van der Waals surface area contributed by atoms with Gasteiger partial charge in [-0.1, -0.05) is 0 Å². The third-order valence-electron chi connectivity index (χ3n) is 7.62. The molecule has 2 aromatic carbocycles. The zero-order chi connectivity index (χ0) is 22.7. The summed E-state index contributed by atoms with van der Waals surface area (Å²) in [6.45, 7) is 26.6. The molecule has 2 nitrogen and oxygen atoms in total. The van der Waals surface area contributed by atoms with E-state index in [0.29, 0.717) is 5.92 Å². The fourth-order valence-corrected chi connectivity index (χ4v) is 4.44. The summed E-state index contributed by atoms with van der Waals surface area (Å²) in [5.41, 5.74) is 16.7. The Balaban J connectivity index is 1.91. The summed E-state index contributed by atoms with van der Waals surface area (Å²) >= 11 is 0. The lowest BCUT2D eigenvalue weighted by molar-refractivity contribution is 0.673. The van der Waals surface area contributed by atoms with Crippen LogP contribution in [0.3, 0.4) is 0 Å². The van der Waals surface area contributed by atoms with Gasteiger partial charge in [-0.15, -0.1) is 0 Å². The third-order valence-corrected chi connectivity index (χ3v) is 7.62. The third kappa shape index (κ3) is 4.79. The highest BCUT2D eigenvalue weighted by Crippen LogP contribution is 2.31. The molecule has 30 heavy (non-hydrogen) atoms. The van der Waals surface area contributed by atoms with Crippen molar-refractivity contribution in [2.24, 2.45) is 5.92 Å². The van der Waals surface area contributed by atoms with Gasteiger partial charge in [0.25, 0.3) is 0 Å². The largest absolute Gasteiger partial charge is 0.380 e. The minimum Gasteiger partial charge on any atom is -0.380 e. The van der Waals surface area contributed by atoms with Crippen molar-refractivity contribution in [3.05, 3.63) is 62.1 Å². The van der Waals surface area contributed by atoms with E-state index in [4.69, 9.17) is 0 Å². The SMILES string of the molecule is Cc1c(C)c(C)c(NCC[CH+]C(C)CNc2c(C)c(C)c(C)c(C)c2C)c(C)c1C. The molecule has 2 rings (SSSR count). The zero-order valence-electron chi connectivity index (χ0n) is 21.3. The summed E-state index contributed by atoms with van der Waals surface area (Å²) in [6, 6.07) is 0. The highest BCUT2D eigenvalue weighted by molar-refractivity contribution is 5.65. The minimum atomic E-state index is 0.524. The summed E-state index contributed by atoms with van der Waals surface area (Å²) in [5, 5.41) is 7.44. The topological polar surface area (TPSA) is 24.1 Å². The molecule has 0 aliphatic rings. The van der Waals surface area contributed by atoms with Gasteiger partial charge in [-0.05, 0) is 132 Å². The van der Waals surface area contributed by atoms with Crippen LogP contribution in [0.5, 0.6) is 0 Å². The lowest BCUT2D eigenvalue weighted by Crippen LogP contribution is -2.16. The molecule has 0 fully saturated rings. The monoisotopic (exact) mass is 407 g/mol. The molecular weight excluding hydrogens is 364 g/mol. The first-order chi connectivity index (χ1) is 14.0. The molecule has 0 spiro atoms. The number of rotatable bonds is 8. The summed E-state index contributed by atoms with van der Waals surface area (Å²) in [4.78, 5) is 0. The Bertz CT molecular complexity index is 863. The van der Waals surface area contributed by atoms with Crippen LogP contribution in [0.25, 0.3) is 0 Å². The van der Waals surface area contributed by atoms with E-state index >= 15 is 0 Å². The first kappa shape index (κ1) is 24.2. The lowest BCUT2D eigenvalue weighted by Gasteiger charge is -2.20. The van der Waals surface area contributed by atoms with E-state index in [2.05, 4.69) is 93.2 Å². The first-order valence-electron chi connectivity index (χ1n) is 11.4. The molecule has 0 aromatic heterocycles. The molecule has 0 aliphatic heterocycles. The fourth-order valence-electron chi connectivity index (χ4n) is 4.44. The van der Waals surface area contributed by atoms with Crippen molar-refractivity contribution in [3.8, 4) is 0 Å². The van der Waals surface area contributed by atoms with Crippen LogP contribution >= 0.6 is 0 Å². The van der Waals surface area contributed by atoms with Crippen molar-refractivity contribution in [2.45, 2.75) is 82.6 Å². The Morgan fingerprint density at radius 2 is 0.867 bits per heavy atom. The number of nitrogens with one attached hydrogen (secondary N) is 2. The predicted molar refractivity (Wildman–Crippen MR) is 135 cm³/mol. The first-order valence-corrected chi connectivity index (χ1v) is 11.4. The van der Waals surface area contributed by atoms with E-state index in [-0.39, 0.29) is 0 Å². The smallest absolute Gasteiger partial charge is 0.112 e. The molecule has 0 radical (unpaired) electrons. The maximum absolute atomic E-state index is 3.74. The van der Waals surface area contributed by atoms with Gasteiger partial charge in [-0.25, -0.2) is 0 Å². The van der Waals surface area contributed by atoms with Crippen molar-refractivity contribution < 1.29 is 0 Å². The van der Waals surface area contributed by atoms with Gasteiger partial charge in [0.15, 0.2) is 0 Å². The summed E-state index contributed by atoms with van der Waals surface area (Å²) in [6.07, 6.45) is 3.51. The fraction of sp³-hybridized carbons (Fsp3) is 0.536. The minimum absolute atomic E-state index is 0.524. The Kier molecular flexibility index (Phi) is 7.91. The highest BCUT2D eigenvalue weighted by atomic mass is 14.9. The van der Waals surface area contributed by atoms with Gasteiger partial charge in [0.2, 0.25) is 0 Å². The number of hydrogen-bond donors (Lipinski definition) is 2. The molecule has 2 aromatic rings. The van der Waals surface area contributed by atoms with Crippen molar-refractivity contribution >= 4 is 11.4 Å². The van der Waals surface area contributed by atoms with Crippen LogP contribution in [0, 0.1) is 81.6 Å². The Morgan fingerprint density at radius 1 is 0.533 bits per heavy atom. The Morgan fingerprint density at radius 3 is 1.27 bits per heavy atom. The molecule has 2 heteroatoms. The molecule has 164 valence electrons. The van der Waals surface area contributed by atoms with Crippen LogP contribution < -0.4 is 10.6 Å². The van der Waals surface area contributed by atoms with Gasteiger partial charge in [0.1, 0.15) is 12.3 Å². The van der Waals surface area contributed by atoms with Crippen LogP contribution in [-0.2, 0) is 0 Å². The Hall–Kier alpha value is -2.09. The summed E-state index contributed by atoms with van der Waals surface area (Å²) < 4.78 is 0. The van der Waals surface area contributed by atoms with E-state index in [1.54, 1.807) is 0 Å². The second kappa shape index (κ2) is 9.81. The Labute approximate surface area is 185 Å². The molecule has 0 saturated heterocycles. The van der Waals surface area contributed by atoms with Gasteiger partial charge >= 0.3 is 0 Å². The van der Waals surface area contributed by atoms with Gasteiger partial charge in [0, 0.05) is 11.4 Å². The number of anilines is 2. The van der Waals surface area contributed by atoms with Crippen molar-refractivity contribution in [2.75, 3.05) is 23.7 Å². The number of benzene rings is 2. The predicted octanol–water partition coefficient (Wildman–Crippen LogP) is 7.53. The lowest BCUT2D eigenvalue weighted by atomic mass is 9.92. The molecule has 0 bridgehead atoms. The van der Waals surface area contributed by atoms with E-state index in [9.17, 15) is 0 Å². The maximum atomic E-state index is 3.74. The standard InChI is InChI=1S/C28H43N2/c1-16(15-30-28-25(10)21(6)18(3)22(7)26(28)11)13-12-14-29-27-23(8)19(4)17(2)20(5)24(27)9/h13,16,29-30H,12,14-15H2,1-11H3/q+1. The van der Waals surface area contributed by atoms with Crippen LogP contribution in [0.2, 0.25) is 0 Å². The summed E-state index contributed by atoms with van der Waals surface area (Å²) in [5.74, 6) is 0.524. The zero-order valence-corrected chi connectivity index (χ0v) is 21.3. The maximum Gasteiger partial charge on any atom is 0.112 e. The van der Waals surface area contributed by atoms with Gasteiger partial charge in [-0.2, -0.15) is 0 Å². The quantitative estimate of drug-likeness (QED) is 0.349. The van der Waals surface area contributed by atoms with Crippen LogP contribution in [0.4, 0.5) is 11.4 Å². The molecule has 1 unspecified atom stereocenters. The summed E-state index contributed by atoms with van der Waals surface area (Å²) in [7, 11) is 0. The molecule has 0 aliphatic carbocycles. The van der Waals surface area contributed by atoms with Gasteiger partial charge < -0.3 is 10.6 Å². The van der Waals surface area contributed by atoms with Gasteiger partial charge in [-0.3, -0.25) is 0 Å². The molecule has 0 saturated carbocycles. The molecule has 2 N–H and O–H groups in total.